The molecular formula is C40H58Li5N7O15S3. The first-order chi connectivity index (χ1) is 30.8. The Balaban J connectivity index is 0.00000259. The molecule has 6 N–H and O–H groups in total. The number of nitrogens with one attached hydrogen (secondary N) is 6. The van der Waals surface area contributed by atoms with Gasteiger partial charge in [-0.15, -0.1) is 0 Å². The standard InChI is InChI=1S/C40H62N7O15S3.5Li/c1-47-27-14-13-24(31-32(27)30(20-9-2-3-10-21(20)35(31)49)33(36(47)50)34(48)18-7-6-8-19(15-18)64(55,56)57)41-25-16-26(29(65(58,59)60)17-28(25)63-62-61-54)43-39-44-38(45-40(53)46-39)42-23-12-5-4-11-22(23)37(51)52;;;;;/h18-29,31-32,38-46,54H,2-17H2,1H3,(H,51,52)(H,55,56,57)(H,58,59,60);;;;;/q-1;5*+1/p-4. The Morgan fingerprint density at radius 3 is 1.96 bits per heavy atom. The molecule has 8 rings (SSSR count). The van der Waals surface area contributed by atoms with Crippen molar-refractivity contribution < 1.29 is 164 Å². The monoisotopic (exact) mass is 1010 g/mol. The molecule has 0 aromatic rings. The summed E-state index contributed by atoms with van der Waals surface area (Å²) in [5, 5.41) is 54.3. The average Bonchev–Trinajstić information content (AvgIpc) is 3.25. The molecule has 366 valence electrons. The number of ketones is 2. The minimum Gasteiger partial charge on any atom is -0.829 e. The van der Waals surface area contributed by atoms with Gasteiger partial charge in [-0.2, -0.15) is 4.33 Å². The number of nitrogens with zero attached hydrogens (tertiary/aromatic N) is 1. The zero-order chi connectivity index (χ0) is 46.5. The van der Waals surface area contributed by atoms with Gasteiger partial charge < -0.3 is 39.6 Å². The van der Waals surface area contributed by atoms with Crippen LogP contribution in [0.15, 0.2) is 11.1 Å². The van der Waals surface area contributed by atoms with Crippen molar-refractivity contribution in [2.75, 3.05) is 7.05 Å². The molecule has 0 radical (unpaired) electrons. The van der Waals surface area contributed by atoms with E-state index in [2.05, 4.69) is 36.9 Å². The molecule has 8 aliphatic rings. The van der Waals surface area contributed by atoms with E-state index >= 15 is 0 Å². The number of Topliss-reactive ketones (excluding diaryl/α,β-unsaturated/α-hetero) is 2. The number of amides is 1. The van der Waals surface area contributed by atoms with E-state index in [1.54, 1.807) is 7.05 Å². The van der Waals surface area contributed by atoms with Gasteiger partial charge >= 0.3 is 94.3 Å². The number of carbonyl (C=O) groups is 4. The van der Waals surface area contributed by atoms with Crippen molar-refractivity contribution in [3.8, 4) is 0 Å². The van der Waals surface area contributed by atoms with Crippen molar-refractivity contribution in [1.29, 1.82) is 0 Å². The van der Waals surface area contributed by atoms with Gasteiger partial charge in [-0.25, -0.2) is 16.8 Å². The molecule has 1 saturated heterocycles. The molecule has 22 nitrogen and oxygen atoms in total. The minimum absolute atomic E-state index is 0. The van der Waals surface area contributed by atoms with Gasteiger partial charge in [-0.05, 0) is 88.5 Å². The molecule has 6 saturated carbocycles. The predicted octanol–water partition coefficient (Wildman–Crippen LogP) is -18.6. The number of hydrogen-bond acceptors (Lipinski definition) is 22. The Morgan fingerprint density at radius 1 is 0.700 bits per heavy atom. The summed E-state index contributed by atoms with van der Waals surface area (Å²) in [5.41, 5.74) is 0.617. The molecule has 7 fully saturated rings. The Morgan fingerprint density at radius 2 is 1.33 bits per heavy atom. The fraction of sp³-hybridized carbons (Fsp3) is 0.850. The second kappa shape index (κ2) is 27.4. The number of hydrogen-bond donors (Lipinski definition) is 6. The van der Waals surface area contributed by atoms with E-state index in [-0.39, 0.29) is 137 Å². The molecule has 6 aliphatic carbocycles. The van der Waals surface area contributed by atoms with Crippen molar-refractivity contribution in [3.63, 3.8) is 0 Å². The molecule has 0 bridgehead atoms. The van der Waals surface area contributed by atoms with Crippen molar-refractivity contribution >= 4 is 55.7 Å². The third kappa shape index (κ3) is 14.1. The summed E-state index contributed by atoms with van der Waals surface area (Å²) in [6, 6.07) is -3.46. The van der Waals surface area contributed by atoms with Gasteiger partial charge in [0.05, 0.1) is 41.6 Å². The van der Waals surface area contributed by atoms with Gasteiger partial charge in [0.1, 0.15) is 18.4 Å². The van der Waals surface area contributed by atoms with Crippen LogP contribution in [-0.2, 0) is 48.8 Å². The molecule has 70 heavy (non-hydrogen) atoms. The maximum atomic E-state index is 15.0. The molecule has 17 unspecified atom stereocenters. The van der Waals surface area contributed by atoms with Crippen LogP contribution in [-0.4, -0.2) is 126 Å². The Bertz CT molecular complexity index is 2110. The van der Waals surface area contributed by atoms with E-state index in [1.165, 1.54) is 4.90 Å². The van der Waals surface area contributed by atoms with Crippen LogP contribution in [0.1, 0.15) is 103 Å². The number of carbonyl (C=O) groups excluding carboxylic acids is 4. The van der Waals surface area contributed by atoms with Crippen LogP contribution in [0.4, 0.5) is 0 Å². The van der Waals surface area contributed by atoms with Gasteiger partial charge in [0.15, 0.2) is 5.78 Å². The summed E-state index contributed by atoms with van der Waals surface area (Å²) in [5.74, 6) is -6.10. The zero-order valence-electron chi connectivity index (χ0n) is 40.9. The summed E-state index contributed by atoms with van der Waals surface area (Å²) >= 11 is 0.533. The zero-order valence-corrected chi connectivity index (χ0v) is 43.4. The van der Waals surface area contributed by atoms with Crippen LogP contribution in [0.5, 0.6) is 0 Å². The molecule has 30 heteroatoms. The van der Waals surface area contributed by atoms with Gasteiger partial charge in [-0.1, -0.05) is 32.1 Å². The maximum absolute atomic E-state index is 15.0. The molecule has 17 atom stereocenters. The first kappa shape index (κ1) is 65.1. The molecule has 2 aliphatic heterocycles. The van der Waals surface area contributed by atoms with Crippen LogP contribution in [0, 0.1) is 35.5 Å². The van der Waals surface area contributed by atoms with Crippen molar-refractivity contribution in [3.05, 3.63) is 11.1 Å². The third-order valence-corrected chi connectivity index (χ3v) is 19.3. The average molecular weight is 1010 g/mol. The number of carboxylic acids is 1. The summed E-state index contributed by atoms with van der Waals surface area (Å²) in [7, 11) is -8.13. The van der Waals surface area contributed by atoms with Crippen LogP contribution in [0.3, 0.4) is 0 Å². The third-order valence-electron chi connectivity index (χ3n) is 15.9. The van der Waals surface area contributed by atoms with E-state index < -0.39 is 132 Å². The molecule has 0 spiro atoms. The Labute approximate surface area is 473 Å². The first-order valence-electron chi connectivity index (χ1n) is 22.9. The molecule has 2 heterocycles. The second-order valence-electron chi connectivity index (χ2n) is 19.3. The number of likely N-dealkylation sites (N-methyl/N-ethyl adjacent to an activating group) is 1. The summed E-state index contributed by atoms with van der Waals surface area (Å²) < 4.78 is 79.9. The fourth-order valence-corrected chi connectivity index (χ4v) is 15.8. The molecule has 0 aromatic heterocycles. The largest absolute Gasteiger partial charge is 1.00 e. The van der Waals surface area contributed by atoms with Gasteiger partial charge in [0.2, 0.25) is 0 Å². The summed E-state index contributed by atoms with van der Waals surface area (Å²) in [4.78, 5) is 57.4. The Hall–Kier alpha value is 0.777. The summed E-state index contributed by atoms with van der Waals surface area (Å²) in [6.45, 7) is 0. The van der Waals surface area contributed by atoms with E-state index in [1.807, 2.05) is 0 Å². The molecular weight excluding hydrogens is 949 g/mol. The molecule has 0 aromatic carbocycles. The second-order valence-corrected chi connectivity index (χ2v) is 23.5. The normalized spacial score (nSPS) is 38.7. The first-order valence-corrected chi connectivity index (χ1v) is 26.6. The Kier molecular flexibility index (Phi) is 25.5. The smallest absolute Gasteiger partial charge is 0.829 e. The van der Waals surface area contributed by atoms with Crippen molar-refractivity contribution in [2.45, 2.75) is 168 Å². The topological polar surface area (TPSA) is 346 Å². The van der Waals surface area contributed by atoms with Gasteiger partial charge in [-0.3, -0.25) is 46.0 Å². The van der Waals surface area contributed by atoms with Crippen LogP contribution >= 0.6 is 12.0 Å². The van der Waals surface area contributed by atoms with Crippen molar-refractivity contribution in [2.24, 2.45) is 35.5 Å². The fourth-order valence-electron chi connectivity index (χ4n) is 12.9. The van der Waals surface area contributed by atoms with Gasteiger partial charge in [0, 0.05) is 84.9 Å². The maximum Gasteiger partial charge on any atom is 1.00 e. The van der Waals surface area contributed by atoms with Crippen molar-refractivity contribution in [1.82, 2.24) is 36.8 Å². The number of carboxylic acid groups (broad SMARTS) is 1. The quantitative estimate of drug-likeness (QED) is 0.0235. The van der Waals surface area contributed by atoms with Crippen LogP contribution in [0.2, 0.25) is 0 Å². The van der Waals surface area contributed by atoms with E-state index in [4.69, 9.17) is 4.33 Å². The minimum atomic E-state index is -5.05. The van der Waals surface area contributed by atoms with E-state index in [0.29, 0.717) is 75.4 Å². The van der Waals surface area contributed by atoms with Crippen LogP contribution < -0.4 is 142 Å². The number of rotatable bonds is 14. The molecule has 1 amide bonds. The van der Waals surface area contributed by atoms with E-state index in [9.17, 15) is 60.6 Å². The number of aliphatic carboxylic acids is 1. The SMILES string of the molecule is CN1C(=O)C(C(=O)C2CCCC(S(=O)(=O)[O-])C2)=C2C3CCCCC3C(=O)C3C(NC4CC(NC5NC([O-])NC(NC6CCCCC6C(=O)[O-])N5)C(S(=O)(=O)[O-])CC4SOO[O-])CCC1C23.[Li+].[Li+].[Li+].[Li+].[Li+]. The van der Waals surface area contributed by atoms with Gasteiger partial charge in [0.25, 0.3) is 5.91 Å². The number of fused-ring (bicyclic) bond motifs is 2. The van der Waals surface area contributed by atoms with E-state index in [0.717, 1.165) is 19.3 Å². The van der Waals surface area contributed by atoms with Crippen LogP contribution in [0.25, 0.3) is 0 Å². The summed E-state index contributed by atoms with van der Waals surface area (Å²) in [6.07, 6.45) is 2.35. The predicted molar refractivity (Wildman–Crippen MR) is 219 cm³/mol.